The molecule has 0 saturated heterocycles. The Morgan fingerprint density at radius 2 is 2.04 bits per heavy atom. The van der Waals surface area contributed by atoms with E-state index in [4.69, 9.17) is 0 Å². The summed E-state index contributed by atoms with van der Waals surface area (Å²) in [5, 5.41) is 3.69. The van der Waals surface area contributed by atoms with Gasteiger partial charge in [-0.2, -0.15) is 0 Å². The molecule has 1 aliphatic rings. The van der Waals surface area contributed by atoms with Crippen LogP contribution in [0.15, 0.2) is 24.4 Å². The highest BCUT2D eigenvalue weighted by molar-refractivity contribution is 7.15. The molecule has 1 saturated carbocycles. The molecule has 1 amide bonds. The van der Waals surface area contributed by atoms with Crippen LogP contribution in [-0.4, -0.2) is 10.9 Å². The summed E-state index contributed by atoms with van der Waals surface area (Å²) < 4.78 is 0. The van der Waals surface area contributed by atoms with Gasteiger partial charge in [-0.3, -0.25) is 4.79 Å². The van der Waals surface area contributed by atoms with E-state index in [0.717, 1.165) is 0 Å². The SMILES string of the molecule is Cc1ccc(CC(=O)Nc2ncc(C(C)C)s2)c(C2CCCCC2)c1. The molecule has 3 rings (SSSR count). The number of carbonyl (C=O) groups excluding carboxylic acids is 1. The number of nitrogens with zero attached hydrogens (tertiary/aromatic N) is 1. The Labute approximate surface area is 154 Å². The van der Waals surface area contributed by atoms with Crippen LogP contribution >= 0.6 is 11.3 Å². The fourth-order valence-electron chi connectivity index (χ4n) is 3.62. The Morgan fingerprint density at radius 1 is 1.28 bits per heavy atom. The Morgan fingerprint density at radius 3 is 2.72 bits per heavy atom. The molecule has 1 N–H and O–H groups in total. The predicted molar refractivity (Wildman–Crippen MR) is 106 cm³/mol. The van der Waals surface area contributed by atoms with Crippen molar-refractivity contribution in [3.8, 4) is 0 Å². The highest BCUT2D eigenvalue weighted by Gasteiger charge is 2.20. The van der Waals surface area contributed by atoms with Crippen LogP contribution in [0.5, 0.6) is 0 Å². The minimum atomic E-state index is 0.0329. The molecule has 1 fully saturated rings. The van der Waals surface area contributed by atoms with E-state index in [1.54, 1.807) is 11.3 Å². The van der Waals surface area contributed by atoms with Gasteiger partial charge in [-0.05, 0) is 42.7 Å². The zero-order valence-corrected chi connectivity index (χ0v) is 16.3. The molecule has 3 nitrogen and oxygen atoms in total. The minimum absolute atomic E-state index is 0.0329. The third kappa shape index (κ3) is 4.69. The number of benzene rings is 1. The van der Waals surface area contributed by atoms with Gasteiger partial charge in [0, 0.05) is 11.1 Å². The standard InChI is InChI=1S/C21H28N2OS/c1-14(2)19-13-22-21(25-19)23-20(24)12-17-10-9-15(3)11-18(17)16-7-5-4-6-8-16/h9-11,13-14,16H,4-8,12H2,1-3H3,(H,22,23,24). The highest BCUT2D eigenvalue weighted by Crippen LogP contribution is 2.35. The molecule has 0 aliphatic heterocycles. The summed E-state index contributed by atoms with van der Waals surface area (Å²) in [7, 11) is 0. The molecule has 0 atom stereocenters. The van der Waals surface area contributed by atoms with E-state index in [1.165, 1.54) is 53.7 Å². The van der Waals surface area contributed by atoms with Crippen molar-refractivity contribution in [2.24, 2.45) is 0 Å². The van der Waals surface area contributed by atoms with Crippen LogP contribution in [0.1, 0.15) is 79.4 Å². The first-order chi connectivity index (χ1) is 12.0. The van der Waals surface area contributed by atoms with Crippen LogP contribution < -0.4 is 5.32 Å². The average molecular weight is 357 g/mol. The summed E-state index contributed by atoms with van der Waals surface area (Å²) in [5.74, 6) is 1.09. The van der Waals surface area contributed by atoms with Crippen molar-refractivity contribution in [3.63, 3.8) is 0 Å². The topological polar surface area (TPSA) is 42.0 Å². The van der Waals surface area contributed by atoms with E-state index >= 15 is 0 Å². The maximum atomic E-state index is 12.5. The Balaban J connectivity index is 1.71. The first kappa shape index (κ1) is 18.1. The molecule has 0 spiro atoms. The molecule has 0 radical (unpaired) electrons. The number of anilines is 1. The highest BCUT2D eigenvalue weighted by atomic mass is 32.1. The number of hydrogen-bond donors (Lipinski definition) is 1. The van der Waals surface area contributed by atoms with Gasteiger partial charge < -0.3 is 5.32 Å². The van der Waals surface area contributed by atoms with Crippen molar-refractivity contribution in [1.29, 1.82) is 0 Å². The quantitative estimate of drug-likeness (QED) is 0.735. The summed E-state index contributed by atoms with van der Waals surface area (Å²) in [6, 6.07) is 6.55. The minimum Gasteiger partial charge on any atom is -0.302 e. The second kappa shape index (κ2) is 8.13. The van der Waals surface area contributed by atoms with Crippen molar-refractivity contribution in [1.82, 2.24) is 4.98 Å². The van der Waals surface area contributed by atoms with E-state index in [1.807, 2.05) is 6.20 Å². The molecule has 0 unspecified atom stereocenters. The summed E-state index contributed by atoms with van der Waals surface area (Å²) in [4.78, 5) is 18.1. The number of aryl methyl sites for hydroxylation is 1. The number of hydrogen-bond acceptors (Lipinski definition) is 3. The molecule has 4 heteroatoms. The summed E-state index contributed by atoms with van der Waals surface area (Å²) in [5.41, 5.74) is 3.85. The molecule has 1 heterocycles. The lowest BCUT2D eigenvalue weighted by molar-refractivity contribution is -0.115. The molecule has 1 aromatic heterocycles. The fraction of sp³-hybridized carbons (Fsp3) is 0.524. The largest absolute Gasteiger partial charge is 0.302 e. The van der Waals surface area contributed by atoms with Gasteiger partial charge >= 0.3 is 0 Å². The van der Waals surface area contributed by atoms with Gasteiger partial charge in [0.05, 0.1) is 6.42 Å². The zero-order valence-electron chi connectivity index (χ0n) is 15.5. The van der Waals surface area contributed by atoms with Gasteiger partial charge in [0.15, 0.2) is 5.13 Å². The molecule has 0 bridgehead atoms. The monoisotopic (exact) mass is 356 g/mol. The second-order valence-corrected chi connectivity index (χ2v) is 8.55. The first-order valence-electron chi connectivity index (χ1n) is 9.38. The van der Waals surface area contributed by atoms with Gasteiger partial charge in [0.1, 0.15) is 0 Å². The molecule has 2 aromatic rings. The number of nitrogens with one attached hydrogen (secondary N) is 1. The predicted octanol–water partition coefficient (Wildman–Crippen LogP) is 5.80. The maximum Gasteiger partial charge on any atom is 0.230 e. The molecular formula is C21H28N2OS. The van der Waals surface area contributed by atoms with Crippen LogP contribution in [0.2, 0.25) is 0 Å². The Hall–Kier alpha value is -1.68. The third-order valence-electron chi connectivity index (χ3n) is 5.04. The van der Waals surface area contributed by atoms with Crippen LogP contribution in [0, 0.1) is 6.92 Å². The maximum absolute atomic E-state index is 12.5. The van der Waals surface area contributed by atoms with E-state index in [0.29, 0.717) is 23.4 Å². The lowest BCUT2D eigenvalue weighted by Gasteiger charge is -2.24. The van der Waals surface area contributed by atoms with E-state index < -0.39 is 0 Å². The summed E-state index contributed by atoms with van der Waals surface area (Å²) in [6.07, 6.45) is 8.76. The Kier molecular flexibility index (Phi) is 5.89. The van der Waals surface area contributed by atoms with Gasteiger partial charge in [-0.15, -0.1) is 11.3 Å². The third-order valence-corrected chi connectivity index (χ3v) is 6.25. The van der Waals surface area contributed by atoms with Gasteiger partial charge in [-0.25, -0.2) is 4.98 Å². The van der Waals surface area contributed by atoms with Gasteiger partial charge in [-0.1, -0.05) is 56.9 Å². The normalized spacial score (nSPS) is 15.5. The first-order valence-corrected chi connectivity index (χ1v) is 10.2. The van der Waals surface area contributed by atoms with Crippen LogP contribution in [0.25, 0.3) is 0 Å². The fourth-order valence-corrected chi connectivity index (χ4v) is 4.45. The zero-order chi connectivity index (χ0) is 17.8. The molecule has 25 heavy (non-hydrogen) atoms. The van der Waals surface area contributed by atoms with E-state index in [9.17, 15) is 4.79 Å². The van der Waals surface area contributed by atoms with Crippen LogP contribution in [-0.2, 0) is 11.2 Å². The lowest BCUT2D eigenvalue weighted by Crippen LogP contribution is -2.17. The van der Waals surface area contributed by atoms with Crippen molar-refractivity contribution in [3.05, 3.63) is 46.0 Å². The number of thiazole rings is 1. The number of amides is 1. The number of aromatic nitrogens is 1. The molecule has 1 aliphatic carbocycles. The van der Waals surface area contributed by atoms with Gasteiger partial charge in [0.25, 0.3) is 0 Å². The van der Waals surface area contributed by atoms with Crippen molar-refractivity contribution in [2.45, 2.75) is 71.1 Å². The lowest BCUT2D eigenvalue weighted by atomic mass is 9.81. The second-order valence-electron chi connectivity index (χ2n) is 7.48. The number of carbonyl (C=O) groups is 1. The molecule has 134 valence electrons. The smallest absolute Gasteiger partial charge is 0.230 e. The van der Waals surface area contributed by atoms with Crippen molar-refractivity contribution >= 4 is 22.4 Å². The van der Waals surface area contributed by atoms with Crippen molar-refractivity contribution < 1.29 is 4.79 Å². The molecular weight excluding hydrogens is 328 g/mol. The van der Waals surface area contributed by atoms with Crippen LogP contribution in [0.3, 0.4) is 0 Å². The van der Waals surface area contributed by atoms with Crippen molar-refractivity contribution in [2.75, 3.05) is 5.32 Å². The average Bonchev–Trinajstić information content (AvgIpc) is 3.06. The van der Waals surface area contributed by atoms with Gasteiger partial charge in [0.2, 0.25) is 5.91 Å². The Bertz CT molecular complexity index is 729. The number of rotatable bonds is 5. The van der Waals surface area contributed by atoms with E-state index in [-0.39, 0.29) is 5.91 Å². The summed E-state index contributed by atoms with van der Waals surface area (Å²) in [6.45, 7) is 6.42. The molecule has 1 aromatic carbocycles. The van der Waals surface area contributed by atoms with E-state index in [2.05, 4.69) is 49.3 Å². The van der Waals surface area contributed by atoms with Crippen LogP contribution in [0.4, 0.5) is 5.13 Å². The summed E-state index contributed by atoms with van der Waals surface area (Å²) >= 11 is 1.57.